The first-order valence-corrected chi connectivity index (χ1v) is 11.9. The highest BCUT2D eigenvalue weighted by Crippen LogP contribution is 2.48. The molecule has 0 radical (unpaired) electrons. The van der Waals surface area contributed by atoms with Gasteiger partial charge in [0.25, 0.3) is 10.0 Å². The summed E-state index contributed by atoms with van der Waals surface area (Å²) in [6.07, 6.45) is -2.52. The van der Waals surface area contributed by atoms with E-state index in [2.05, 4.69) is 23.9 Å². The smallest absolute Gasteiger partial charge is 0.475 e. The van der Waals surface area contributed by atoms with Gasteiger partial charge in [0.15, 0.2) is 0 Å². The van der Waals surface area contributed by atoms with Crippen LogP contribution in [0.2, 0.25) is 0 Å². The number of carbonyl (C=O) groups is 2. The summed E-state index contributed by atoms with van der Waals surface area (Å²) < 4.78 is 59.6. The predicted molar refractivity (Wildman–Crippen MR) is 121 cm³/mol. The number of carboxylic acid groups (broad SMARTS) is 1. The van der Waals surface area contributed by atoms with E-state index in [1.165, 1.54) is 0 Å². The molecule has 0 atom stereocenters. The fraction of sp³-hybridized carbons (Fsp3) is 0.391. The van der Waals surface area contributed by atoms with Crippen LogP contribution in [0.4, 0.5) is 18.9 Å². The second kappa shape index (κ2) is 10.5. The minimum absolute atomic E-state index is 0.0114. The lowest BCUT2D eigenvalue weighted by molar-refractivity contribution is -0.192. The lowest BCUT2D eigenvalue weighted by Gasteiger charge is -2.15. The zero-order valence-electron chi connectivity index (χ0n) is 18.9. The number of amides is 1. The minimum Gasteiger partial charge on any atom is -0.475 e. The maximum Gasteiger partial charge on any atom is 0.490 e. The average Bonchev–Trinajstić information content (AvgIpc) is 3.55. The maximum absolute atomic E-state index is 12.6. The van der Waals surface area contributed by atoms with E-state index >= 15 is 0 Å². The summed E-state index contributed by atoms with van der Waals surface area (Å²) in [4.78, 5) is 21.2. The number of aliphatic carboxylic acids is 1. The number of nitrogens with one attached hydrogen (secondary N) is 2. The lowest BCUT2D eigenvalue weighted by atomic mass is 9.95. The number of carbonyl (C=O) groups excluding carboxylic acids is 1. The largest absolute Gasteiger partial charge is 0.490 e. The van der Waals surface area contributed by atoms with Gasteiger partial charge < -0.3 is 10.4 Å². The van der Waals surface area contributed by atoms with E-state index in [1.807, 2.05) is 24.3 Å². The summed E-state index contributed by atoms with van der Waals surface area (Å²) in [5.41, 5.74) is 2.08. The highest BCUT2D eigenvalue weighted by atomic mass is 32.2. The third-order valence-electron chi connectivity index (χ3n) is 5.22. The Bertz CT molecular complexity index is 1110. The van der Waals surface area contributed by atoms with Crippen LogP contribution in [-0.2, 0) is 31.4 Å². The van der Waals surface area contributed by atoms with Gasteiger partial charge >= 0.3 is 12.1 Å². The first-order valence-electron chi connectivity index (χ1n) is 10.5. The molecule has 0 spiro atoms. The number of rotatable bonds is 7. The van der Waals surface area contributed by atoms with Gasteiger partial charge in [0, 0.05) is 12.7 Å². The number of hydrogen-bond donors (Lipinski definition) is 3. The van der Waals surface area contributed by atoms with Crippen molar-refractivity contribution in [2.75, 3.05) is 11.8 Å². The minimum atomic E-state index is -5.08. The van der Waals surface area contributed by atoms with Gasteiger partial charge in [-0.2, -0.15) is 13.2 Å². The summed E-state index contributed by atoms with van der Waals surface area (Å²) in [6.45, 7) is 4.26. The number of halogens is 3. The molecule has 0 bridgehead atoms. The molecular formula is C23H27F3N2O5S. The monoisotopic (exact) mass is 500 g/mol. The van der Waals surface area contributed by atoms with Crippen molar-refractivity contribution < 1.29 is 36.3 Å². The fourth-order valence-electron chi connectivity index (χ4n) is 3.36. The second-order valence-electron chi connectivity index (χ2n) is 8.39. The van der Waals surface area contributed by atoms with Crippen LogP contribution in [0.1, 0.15) is 37.8 Å². The van der Waals surface area contributed by atoms with Crippen molar-refractivity contribution in [1.29, 1.82) is 0 Å². The molecule has 7 nitrogen and oxygen atoms in total. The number of carboxylic acids is 1. The summed E-state index contributed by atoms with van der Waals surface area (Å²) >= 11 is 0. The molecule has 1 fully saturated rings. The van der Waals surface area contributed by atoms with Crippen LogP contribution < -0.4 is 10.0 Å². The van der Waals surface area contributed by atoms with Crippen LogP contribution in [0, 0.1) is 5.92 Å². The van der Waals surface area contributed by atoms with E-state index < -0.39 is 27.6 Å². The SMILES string of the molecule is CNC(=O)C1(c2ccc(NS(=O)(=O)c3ccc(CC(C)C)cc3)cc2)CC1.O=C(O)C(F)(F)F. The van der Waals surface area contributed by atoms with E-state index in [9.17, 15) is 26.4 Å². The number of alkyl halides is 3. The quantitative estimate of drug-likeness (QED) is 0.530. The van der Waals surface area contributed by atoms with Gasteiger partial charge in [0.2, 0.25) is 5.91 Å². The molecular weight excluding hydrogens is 473 g/mol. The Labute approximate surface area is 196 Å². The molecule has 1 aliphatic rings. The van der Waals surface area contributed by atoms with Crippen LogP contribution in [-0.4, -0.2) is 38.6 Å². The molecule has 3 N–H and O–H groups in total. The molecule has 1 amide bonds. The van der Waals surface area contributed by atoms with Crippen molar-refractivity contribution >= 4 is 27.6 Å². The van der Waals surface area contributed by atoms with Crippen LogP contribution in [0.15, 0.2) is 53.4 Å². The number of hydrogen-bond acceptors (Lipinski definition) is 4. The molecule has 0 saturated heterocycles. The maximum atomic E-state index is 12.6. The molecule has 0 aromatic heterocycles. The van der Waals surface area contributed by atoms with Crippen molar-refractivity contribution in [2.24, 2.45) is 5.92 Å². The first-order chi connectivity index (χ1) is 15.7. The standard InChI is InChI=1S/C21H26N2O3S.C2HF3O2/c1-15(2)14-16-4-10-19(11-5-16)27(25,26)23-18-8-6-17(7-9-18)21(12-13-21)20(24)22-3;3-2(4,5)1(6)7/h4-11,15,23H,12-14H2,1-3H3,(H,22,24);(H,6,7). The Kier molecular flexibility index (Phi) is 8.35. The van der Waals surface area contributed by atoms with Crippen LogP contribution >= 0.6 is 0 Å². The molecule has 1 saturated carbocycles. The van der Waals surface area contributed by atoms with E-state index in [0.29, 0.717) is 11.6 Å². The number of anilines is 1. The van der Waals surface area contributed by atoms with Crippen LogP contribution in [0.5, 0.6) is 0 Å². The predicted octanol–water partition coefficient (Wildman–Crippen LogP) is 4.10. The van der Waals surface area contributed by atoms with Crippen molar-refractivity contribution in [1.82, 2.24) is 5.32 Å². The number of sulfonamides is 1. The van der Waals surface area contributed by atoms with Gasteiger partial charge in [-0.05, 0) is 60.6 Å². The zero-order valence-corrected chi connectivity index (χ0v) is 19.8. The topological polar surface area (TPSA) is 113 Å². The fourth-order valence-corrected chi connectivity index (χ4v) is 4.42. The van der Waals surface area contributed by atoms with Crippen molar-refractivity contribution in [3.63, 3.8) is 0 Å². The van der Waals surface area contributed by atoms with Gasteiger partial charge in [-0.1, -0.05) is 38.1 Å². The molecule has 186 valence electrons. The molecule has 0 aliphatic heterocycles. The highest BCUT2D eigenvalue weighted by molar-refractivity contribution is 7.92. The lowest BCUT2D eigenvalue weighted by Crippen LogP contribution is -2.31. The average molecular weight is 501 g/mol. The van der Waals surface area contributed by atoms with Crippen molar-refractivity contribution in [2.45, 2.75) is 49.6 Å². The third-order valence-corrected chi connectivity index (χ3v) is 6.62. The summed E-state index contributed by atoms with van der Waals surface area (Å²) in [6, 6.07) is 14.1. The molecule has 2 aromatic carbocycles. The van der Waals surface area contributed by atoms with E-state index in [0.717, 1.165) is 30.4 Å². The molecule has 0 heterocycles. The molecule has 1 aliphatic carbocycles. The number of likely N-dealkylation sites (N-methyl/N-ethyl adjacent to an activating group) is 1. The Morgan fingerprint density at radius 1 is 1.03 bits per heavy atom. The Hall–Kier alpha value is -3.08. The molecule has 3 rings (SSSR count). The van der Waals surface area contributed by atoms with Crippen molar-refractivity contribution in [3.05, 3.63) is 59.7 Å². The van der Waals surface area contributed by atoms with E-state index in [1.54, 1.807) is 31.3 Å². The van der Waals surface area contributed by atoms with Crippen LogP contribution in [0.25, 0.3) is 0 Å². The molecule has 34 heavy (non-hydrogen) atoms. The van der Waals surface area contributed by atoms with Crippen molar-refractivity contribution in [3.8, 4) is 0 Å². The summed E-state index contributed by atoms with van der Waals surface area (Å²) in [5, 5.41) is 9.83. The van der Waals surface area contributed by atoms with Gasteiger partial charge in [-0.25, -0.2) is 13.2 Å². The third kappa shape index (κ3) is 6.96. The normalized spacial score (nSPS) is 14.6. The molecule has 0 unspecified atom stereocenters. The summed E-state index contributed by atoms with van der Waals surface area (Å²) in [5.74, 6) is -2.22. The zero-order chi connectivity index (χ0) is 25.7. The Morgan fingerprint density at radius 3 is 1.91 bits per heavy atom. The van der Waals surface area contributed by atoms with E-state index in [-0.39, 0.29) is 10.8 Å². The molecule has 11 heteroatoms. The number of benzene rings is 2. The van der Waals surface area contributed by atoms with Crippen LogP contribution in [0.3, 0.4) is 0 Å². The highest BCUT2D eigenvalue weighted by Gasteiger charge is 2.50. The van der Waals surface area contributed by atoms with E-state index in [4.69, 9.17) is 9.90 Å². The Morgan fingerprint density at radius 2 is 1.53 bits per heavy atom. The van der Waals surface area contributed by atoms with Gasteiger partial charge in [0.05, 0.1) is 10.3 Å². The van der Waals surface area contributed by atoms with Gasteiger partial charge in [-0.3, -0.25) is 9.52 Å². The van der Waals surface area contributed by atoms with Gasteiger partial charge in [0.1, 0.15) is 0 Å². The Balaban J connectivity index is 0.000000509. The molecule has 2 aromatic rings. The second-order valence-corrected chi connectivity index (χ2v) is 10.1. The van der Waals surface area contributed by atoms with Gasteiger partial charge in [-0.15, -0.1) is 0 Å². The first kappa shape index (κ1) is 27.2. The summed E-state index contributed by atoms with van der Waals surface area (Å²) in [7, 11) is -2.01.